The van der Waals surface area contributed by atoms with Gasteiger partial charge >= 0.3 is 5.97 Å². The number of hydrogen-bond acceptors (Lipinski definition) is 7. The van der Waals surface area contributed by atoms with Crippen LogP contribution in [-0.2, 0) is 11.2 Å². The van der Waals surface area contributed by atoms with E-state index in [0.717, 1.165) is 10.6 Å². The number of anilines is 2. The van der Waals surface area contributed by atoms with Crippen molar-refractivity contribution in [2.45, 2.75) is 19.8 Å². The number of nitrogens with one attached hydrogen (secondary N) is 1. The SMILES string of the molecule is COc1ccc([N+](=O)[O-])cc1Nc1nc(C)c(CCC(=O)O)s1. The molecule has 2 rings (SSSR count). The van der Waals surface area contributed by atoms with Crippen molar-refractivity contribution in [3.8, 4) is 5.75 Å². The molecule has 2 aromatic rings. The largest absolute Gasteiger partial charge is 0.495 e. The average molecular weight is 337 g/mol. The van der Waals surface area contributed by atoms with Gasteiger partial charge in [0.15, 0.2) is 5.13 Å². The second-order valence-corrected chi connectivity index (χ2v) is 5.77. The number of carboxylic acids is 1. The zero-order chi connectivity index (χ0) is 17.0. The highest BCUT2D eigenvalue weighted by atomic mass is 32.1. The molecule has 8 nitrogen and oxygen atoms in total. The molecule has 23 heavy (non-hydrogen) atoms. The van der Waals surface area contributed by atoms with Crippen LogP contribution in [-0.4, -0.2) is 28.1 Å². The molecule has 9 heteroatoms. The van der Waals surface area contributed by atoms with Crippen molar-refractivity contribution in [3.05, 3.63) is 38.9 Å². The van der Waals surface area contributed by atoms with Gasteiger partial charge in [-0.3, -0.25) is 14.9 Å². The highest BCUT2D eigenvalue weighted by Gasteiger charge is 2.14. The van der Waals surface area contributed by atoms with Crippen molar-refractivity contribution in [3.63, 3.8) is 0 Å². The van der Waals surface area contributed by atoms with Crippen LogP contribution in [0.15, 0.2) is 18.2 Å². The Labute approximate surface area is 135 Å². The van der Waals surface area contributed by atoms with Gasteiger partial charge in [0.1, 0.15) is 5.75 Å². The number of methoxy groups -OCH3 is 1. The van der Waals surface area contributed by atoms with Gasteiger partial charge in [0.05, 0.1) is 29.8 Å². The fourth-order valence-corrected chi connectivity index (χ4v) is 2.93. The van der Waals surface area contributed by atoms with Crippen LogP contribution in [0.25, 0.3) is 0 Å². The maximum Gasteiger partial charge on any atom is 0.303 e. The number of thiazole rings is 1. The maximum absolute atomic E-state index is 10.9. The third kappa shape index (κ3) is 4.16. The van der Waals surface area contributed by atoms with E-state index in [1.165, 1.54) is 36.6 Å². The molecule has 2 N–H and O–H groups in total. The number of non-ortho nitro benzene ring substituents is 1. The molecule has 1 heterocycles. The van der Waals surface area contributed by atoms with Crippen LogP contribution in [0.1, 0.15) is 17.0 Å². The number of rotatable bonds is 7. The minimum atomic E-state index is -0.868. The molecule has 0 amide bonds. The van der Waals surface area contributed by atoms with Gasteiger partial charge in [0.25, 0.3) is 5.69 Å². The highest BCUT2D eigenvalue weighted by Crippen LogP contribution is 2.33. The van der Waals surface area contributed by atoms with Crippen LogP contribution in [0.4, 0.5) is 16.5 Å². The number of ether oxygens (including phenoxy) is 1. The molecular formula is C14H15N3O5S. The standard InChI is InChI=1S/C14H15N3O5S/c1-8-12(5-6-13(18)19)23-14(15-8)16-10-7-9(17(20)21)3-4-11(10)22-2/h3-4,7H,5-6H2,1-2H3,(H,15,16)(H,18,19). The highest BCUT2D eigenvalue weighted by molar-refractivity contribution is 7.15. The van der Waals surface area contributed by atoms with Crippen molar-refractivity contribution in [2.75, 3.05) is 12.4 Å². The molecule has 0 saturated carbocycles. The fourth-order valence-electron chi connectivity index (χ4n) is 1.96. The first kappa shape index (κ1) is 16.7. The lowest BCUT2D eigenvalue weighted by molar-refractivity contribution is -0.384. The van der Waals surface area contributed by atoms with Gasteiger partial charge in [-0.15, -0.1) is 11.3 Å². The van der Waals surface area contributed by atoms with E-state index in [4.69, 9.17) is 9.84 Å². The van der Waals surface area contributed by atoms with Crippen LogP contribution in [0.5, 0.6) is 5.75 Å². The molecule has 1 aromatic heterocycles. The topological polar surface area (TPSA) is 115 Å². The Morgan fingerprint density at radius 1 is 1.52 bits per heavy atom. The Kier molecular flexibility index (Phi) is 5.12. The van der Waals surface area contributed by atoms with Gasteiger partial charge in [0.2, 0.25) is 0 Å². The van der Waals surface area contributed by atoms with E-state index in [-0.39, 0.29) is 12.1 Å². The smallest absolute Gasteiger partial charge is 0.303 e. The van der Waals surface area contributed by atoms with Gasteiger partial charge in [-0.05, 0) is 19.4 Å². The van der Waals surface area contributed by atoms with E-state index >= 15 is 0 Å². The van der Waals surface area contributed by atoms with Crippen LogP contribution < -0.4 is 10.1 Å². The average Bonchev–Trinajstić information content (AvgIpc) is 2.84. The third-order valence-corrected chi connectivity index (χ3v) is 4.23. The van der Waals surface area contributed by atoms with Gasteiger partial charge in [-0.2, -0.15) is 0 Å². The summed E-state index contributed by atoms with van der Waals surface area (Å²) in [6.07, 6.45) is 0.426. The van der Waals surface area contributed by atoms with Crippen LogP contribution in [0, 0.1) is 17.0 Å². The summed E-state index contributed by atoms with van der Waals surface area (Å²) in [6, 6.07) is 4.23. The number of nitro groups is 1. The van der Waals surface area contributed by atoms with Crippen molar-refractivity contribution in [1.29, 1.82) is 0 Å². The molecule has 1 aromatic carbocycles. The Morgan fingerprint density at radius 3 is 2.87 bits per heavy atom. The predicted octanol–water partition coefficient (Wildman–Crippen LogP) is 3.13. The number of aryl methyl sites for hydroxylation is 2. The Hall–Kier alpha value is -2.68. The summed E-state index contributed by atoms with van der Waals surface area (Å²) in [5, 5.41) is 23.2. The van der Waals surface area contributed by atoms with Gasteiger partial charge in [-0.1, -0.05) is 0 Å². The number of nitro benzene ring substituents is 1. The van der Waals surface area contributed by atoms with Gasteiger partial charge < -0.3 is 15.2 Å². The Bertz CT molecular complexity index is 744. The van der Waals surface area contributed by atoms with E-state index in [9.17, 15) is 14.9 Å². The zero-order valence-corrected chi connectivity index (χ0v) is 13.3. The maximum atomic E-state index is 10.9. The second-order valence-electron chi connectivity index (χ2n) is 4.69. The lowest BCUT2D eigenvalue weighted by Crippen LogP contribution is -1.96. The summed E-state index contributed by atoms with van der Waals surface area (Å²) in [5.41, 5.74) is 1.11. The normalized spacial score (nSPS) is 10.3. The number of hydrogen-bond donors (Lipinski definition) is 2. The molecule has 0 spiro atoms. The minimum Gasteiger partial charge on any atom is -0.495 e. The molecule has 0 saturated heterocycles. The molecule has 0 bridgehead atoms. The van der Waals surface area contributed by atoms with Gasteiger partial charge in [0, 0.05) is 17.0 Å². The summed E-state index contributed by atoms with van der Waals surface area (Å²) < 4.78 is 5.18. The molecule has 0 aliphatic rings. The summed E-state index contributed by atoms with van der Waals surface area (Å²) >= 11 is 1.32. The summed E-state index contributed by atoms with van der Waals surface area (Å²) in [5.74, 6) is -0.414. The molecule has 122 valence electrons. The fraction of sp³-hybridized carbons (Fsp3) is 0.286. The summed E-state index contributed by atoms with van der Waals surface area (Å²) in [4.78, 5) is 26.2. The van der Waals surface area contributed by atoms with Crippen LogP contribution in [0.2, 0.25) is 0 Å². The van der Waals surface area contributed by atoms with Crippen LogP contribution >= 0.6 is 11.3 Å². The second kappa shape index (κ2) is 7.05. The van der Waals surface area contributed by atoms with Gasteiger partial charge in [-0.25, -0.2) is 4.98 Å². The van der Waals surface area contributed by atoms with Crippen LogP contribution in [0.3, 0.4) is 0 Å². The number of benzene rings is 1. The molecule has 0 atom stereocenters. The molecular weight excluding hydrogens is 322 g/mol. The van der Waals surface area contributed by atoms with Crippen molar-refractivity contribution >= 4 is 33.8 Å². The quantitative estimate of drug-likeness (QED) is 0.589. The van der Waals surface area contributed by atoms with E-state index in [2.05, 4.69) is 10.3 Å². The third-order valence-electron chi connectivity index (χ3n) is 3.09. The lowest BCUT2D eigenvalue weighted by Gasteiger charge is -2.08. The van der Waals surface area contributed by atoms with Crippen molar-refractivity contribution in [2.24, 2.45) is 0 Å². The molecule has 0 fully saturated rings. The van der Waals surface area contributed by atoms with E-state index in [1.54, 1.807) is 6.92 Å². The van der Waals surface area contributed by atoms with E-state index in [1.807, 2.05) is 0 Å². The first-order chi connectivity index (χ1) is 10.9. The van der Waals surface area contributed by atoms with E-state index in [0.29, 0.717) is 23.0 Å². The summed E-state index contributed by atoms with van der Waals surface area (Å²) in [7, 11) is 1.47. The molecule has 0 radical (unpaired) electrons. The first-order valence-corrected chi connectivity index (χ1v) is 7.50. The predicted molar refractivity (Wildman–Crippen MR) is 85.7 cm³/mol. The molecule has 0 unspecified atom stereocenters. The number of nitrogens with zero attached hydrogens (tertiary/aromatic N) is 2. The number of aliphatic carboxylic acids is 1. The zero-order valence-electron chi connectivity index (χ0n) is 12.5. The number of aromatic nitrogens is 1. The summed E-state index contributed by atoms with van der Waals surface area (Å²) in [6.45, 7) is 1.80. The first-order valence-electron chi connectivity index (χ1n) is 6.68. The number of carbonyl (C=O) groups is 1. The van der Waals surface area contributed by atoms with Crippen molar-refractivity contribution in [1.82, 2.24) is 4.98 Å². The van der Waals surface area contributed by atoms with E-state index < -0.39 is 10.9 Å². The monoisotopic (exact) mass is 337 g/mol. The Balaban J connectivity index is 2.24. The lowest BCUT2D eigenvalue weighted by atomic mass is 10.2. The molecule has 0 aliphatic heterocycles. The minimum absolute atomic E-state index is 0.0304. The molecule has 0 aliphatic carbocycles. The number of carboxylic acid groups (broad SMARTS) is 1. The Morgan fingerprint density at radius 2 is 2.26 bits per heavy atom. The van der Waals surface area contributed by atoms with Crippen molar-refractivity contribution < 1.29 is 19.6 Å².